The van der Waals surface area contributed by atoms with Gasteiger partial charge in [-0.05, 0) is 25.0 Å². The molecule has 19 heavy (non-hydrogen) atoms. The molecule has 0 spiro atoms. The van der Waals surface area contributed by atoms with E-state index in [1.165, 1.54) is 5.69 Å². The van der Waals surface area contributed by atoms with Crippen LogP contribution in [-0.2, 0) is 0 Å². The van der Waals surface area contributed by atoms with Crippen molar-refractivity contribution in [3.8, 4) is 5.75 Å². The average Bonchev–Trinajstić information content (AvgIpc) is 2.38. The van der Waals surface area contributed by atoms with Crippen LogP contribution >= 0.6 is 15.9 Å². The average molecular weight is 327 g/mol. The fourth-order valence-corrected chi connectivity index (χ4v) is 2.99. The van der Waals surface area contributed by atoms with Crippen molar-refractivity contribution in [1.82, 2.24) is 5.32 Å². The first-order valence-electron chi connectivity index (χ1n) is 6.86. The zero-order chi connectivity index (χ0) is 14.0. The van der Waals surface area contributed by atoms with Gasteiger partial charge in [0.1, 0.15) is 5.75 Å². The number of hydrogen-bond donors (Lipinski definition) is 1. The maximum Gasteiger partial charge on any atom is 0.122 e. The lowest BCUT2D eigenvalue weighted by Gasteiger charge is -2.42. The zero-order valence-electron chi connectivity index (χ0n) is 12.1. The SMILES string of the molecule is COc1cc(Br)cc(N2CC(C(C)C)NCC2C)c1. The van der Waals surface area contributed by atoms with Crippen LogP contribution in [0.15, 0.2) is 22.7 Å². The van der Waals surface area contributed by atoms with Gasteiger partial charge in [0.05, 0.1) is 7.11 Å². The number of rotatable bonds is 3. The number of anilines is 1. The molecule has 1 aliphatic heterocycles. The van der Waals surface area contributed by atoms with Crippen molar-refractivity contribution in [3.63, 3.8) is 0 Å². The molecule has 1 fully saturated rings. The van der Waals surface area contributed by atoms with E-state index < -0.39 is 0 Å². The van der Waals surface area contributed by atoms with Crippen molar-refractivity contribution in [2.24, 2.45) is 5.92 Å². The molecule has 0 radical (unpaired) electrons. The Bertz CT molecular complexity index is 436. The van der Waals surface area contributed by atoms with Gasteiger partial charge in [-0.25, -0.2) is 0 Å². The van der Waals surface area contributed by atoms with Gasteiger partial charge in [-0.1, -0.05) is 29.8 Å². The topological polar surface area (TPSA) is 24.5 Å². The summed E-state index contributed by atoms with van der Waals surface area (Å²) in [7, 11) is 1.71. The van der Waals surface area contributed by atoms with Gasteiger partial charge in [-0.15, -0.1) is 0 Å². The Morgan fingerprint density at radius 1 is 1.37 bits per heavy atom. The summed E-state index contributed by atoms with van der Waals surface area (Å²) in [4.78, 5) is 2.47. The Balaban J connectivity index is 2.25. The number of nitrogens with one attached hydrogen (secondary N) is 1. The molecule has 2 atom stereocenters. The van der Waals surface area contributed by atoms with E-state index in [2.05, 4.69) is 59.1 Å². The minimum Gasteiger partial charge on any atom is -0.497 e. The molecule has 2 rings (SSSR count). The van der Waals surface area contributed by atoms with E-state index in [4.69, 9.17) is 4.74 Å². The highest BCUT2D eigenvalue weighted by Crippen LogP contribution is 2.29. The van der Waals surface area contributed by atoms with E-state index in [-0.39, 0.29) is 0 Å². The maximum atomic E-state index is 5.36. The lowest BCUT2D eigenvalue weighted by Crippen LogP contribution is -2.57. The molecule has 1 aromatic carbocycles. The first-order chi connectivity index (χ1) is 9.01. The molecule has 0 aromatic heterocycles. The Kier molecular flexibility index (Phi) is 4.74. The minimum atomic E-state index is 0.494. The van der Waals surface area contributed by atoms with E-state index in [1.807, 2.05) is 6.07 Å². The molecule has 4 heteroatoms. The van der Waals surface area contributed by atoms with Crippen LogP contribution in [0.5, 0.6) is 5.75 Å². The maximum absolute atomic E-state index is 5.36. The van der Waals surface area contributed by atoms with Gasteiger partial charge < -0.3 is 15.0 Å². The number of hydrogen-bond acceptors (Lipinski definition) is 3. The van der Waals surface area contributed by atoms with Crippen LogP contribution in [0.2, 0.25) is 0 Å². The lowest BCUT2D eigenvalue weighted by atomic mass is 9.99. The van der Waals surface area contributed by atoms with Gasteiger partial charge in [0, 0.05) is 41.4 Å². The van der Waals surface area contributed by atoms with Crippen LogP contribution in [0.4, 0.5) is 5.69 Å². The van der Waals surface area contributed by atoms with E-state index in [1.54, 1.807) is 7.11 Å². The van der Waals surface area contributed by atoms with Crippen LogP contribution in [0.1, 0.15) is 20.8 Å². The third kappa shape index (κ3) is 3.42. The van der Waals surface area contributed by atoms with E-state index in [9.17, 15) is 0 Å². The monoisotopic (exact) mass is 326 g/mol. The van der Waals surface area contributed by atoms with Crippen molar-refractivity contribution in [3.05, 3.63) is 22.7 Å². The second-order valence-corrected chi connectivity index (χ2v) is 6.53. The van der Waals surface area contributed by atoms with Crippen LogP contribution in [0.3, 0.4) is 0 Å². The summed E-state index contributed by atoms with van der Waals surface area (Å²) >= 11 is 3.56. The third-order valence-corrected chi connectivity index (χ3v) is 4.29. The van der Waals surface area contributed by atoms with Crippen LogP contribution in [0.25, 0.3) is 0 Å². The molecule has 3 nitrogen and oxygen atoms in total. The van der Waals surface area contributed by atoms with Gasteiger partial charge in [0.2, 0.25) is 0 Å². The fraction of sp³-hybridized carbons (Fsp3) is 0.600. The van der Waals surface area contributed by atoms with Gasteiger partial charge in [0.25, 0.3) is 0 Å². The second kappa shape index (κ2) is 6.14. The Labute approximate surface area is 124 Å². The number of halogens is 1. The van der Waals surface area contributed by atoms with Crippen molar-refractivity contribution >= 4 is 21.6 Å². The summed E-state index contributed by atoms with van der Waals surface area (Å²) in [6.45, 7) is 8.87. The van der Waals surface area contributed by atoms with Crippen LogP contribution in [0, 0.1) is 5.92 Å². The molecule has 1 aliphatic rings. The molecule has 1 heterocycles. The summed E-state index contributed by atoms with van der Waals surface area (Å²) < 4.78 is 6.43. The summed E-state index contributed by atoms with van der Waals surface area (Å²) in [5, 5.41) is 3.63. The molecule has 0 amide bonds. The zero-order valence-corrected chi connectivity index (χ0v) is 13.7. The predicted octanol–water partition coefficient (Wildman–Crippen LogP) is 3.28. The quantitative estimate of drug-likeness (QED) is 0.922. The van der Waals surface area contributed by atoms with E-state index in [0.717, 1.165) is 23.3 Å². The highest BCUT2D eigenvalue weighted by atomic mass is 79.9. The highest BCUT2D eigenvalue weighted by Gasteiger charge is 2.27. The molecular formula is C15H23BrN2O. The molecule has 0 saturated carbocycles. The number of piperazine rings is 1. The number of benzene rings is 1. The van der Waals surface area contributed by atoms with Gasteiger partial charge in [-0.3, -0.25) is 0 Å². The smallest absolute Gasteiger partial charge is 0.122 e. The molecule has 0 aliphatic carbocycles. The Morgan fingerprint density at radius 3 is 2.74 bits per heavy atom. The Hall–Kier alpha value is -0.740. The van der Waals surface area contributed by atoms with Gasteiger partial charge in [-0.2, -0.15) is 0 Å². The lowest BCUT2D eigenvalue weighted by molar-refractivity contribution is 0.336. The number of nitrogens with zero attached hydrogens (tertiary/aromatic N) is 1. The van der Waals surface area contributed by atoms with Gasteiger partial charge >= 0.3 is 0 Å². The van der Waals surface area contributed by atoms with Gasteiger partial charge in [0.15, 0.2) is 0 Å². The molecule has 1 aromatic rings. The first kappa shape index (κ1) is 14.7. The largest absolute Gasteiger partial charge is 0.497 e. The third-order valence-electron chi connectivity index (χ3n) is 3.83. The Morgan fingerprint density at radius 2 is 2.11 bits per heavy atom. The van der Waals surface area contributed by atoms with Crippen molar-refractivity contribution in [2.45, 2.75) is 32.9 Å². The summed E-state index contributed by atoms with van der Waals surface area (Å²) in [5.41, 5.74) is 1.23. The van der Waals surface area contributed by atoms with E-state index >= 15 is 0 Å². The highest BCUT2D eigenvalue weighted by molar-refractivity contribution is 9.10. The van der Waals surface area contributed by atoms with E-state index in [0.29, 0.717) is 18.0 Å². The summed E-state index contributed by atoms with van der Waals surface area (Å²) in [6.07, 6.45) is 0. The molecule has 0 bridgehead atoms. The molecule has 2 unspecified atom stereocenters. The number of methoxy groups -OCH3 is 1. The van der Waals surface area contributed by atoms with Crippen molar-refractivity contribution in [1.29, 1.82) is 0 Å². The second-order valence-electron chi connectivity index (χ2n) is 5.61. The van der Waals surface area contributed by atoms with Crippen LogP contribution in [-0.4, -0.2) is 32.3 Å². The standard InChI is InChI=1S/C15H23BrN2O/c1-10(2)15-9-18(11(3)8-17-15)13-5-12(16)6-14(7-13)19-4/h5-7,10-11,15,17H,8-9H2,1-4H3. The fourth-order valence-electron chi connectivity index (χ4n) is 2.53. The van der Waals surface area contributed by atoms with Crippen LogP contribution < -0.4 is 15.0 Å². The predicted molar refractivity (Wildman–Crippen MR) is 84.1 cm³/mol. The van der Waals surface area contributed by atoms with Crippen molar-refractivity contribution in [2.75, 3.05) is 25.1 Å². The normalized spacial score (nSPS) is 23.8. The summed E-state index contributed by atoms with van der Waals surface area (Å²) in [5.74, 6) is 1.54. The van der Waals surface area contributed by atoms with Crippen molar-refractivity contribution < 1.29 is 4.74 Å². The summed E-state index contributed by atoms with van der Waals surface area (Å²) in [6, 6.07) is 7.32. The molecule has 1 saturated heterocycles. The molecule has 106 valence electrons. The molecule has 1 N–H and O–H groups in total. The first-order valence-corrected chi connectivity index (χ1v) is 7.65. The molecular weight excluding hydrogens is 304 g/mol. The number of ether oxygens (including phenoxy) is 1. The minimum absolute atomic E-state index is 0.494.